The van der Waals surface area contributed by atoms with Crippen molar-refractivity contribution in [3.05, 3.63) is 0 Å². The summed E-state index contributed by atoms with van der Waals surface area (Å²) < 4.78 is 0. The van der Waals surface area contributed by atoms with E-state index in [2.05, 4.69) is 27.7 Å². The number of hydrogen-bond donors (Lipinski definition) is 1. The van der Waals surface area contributed by atoms with Gasteiger partial charge in [-0.05, 0) is 61.8 Å². The smallest absolute Gasteiger partial charge is 0.00772 e. The van der Waals surface area contributed by atoms with Gasteiger partial charge in [0.25, 0.3) is 0 Å². The average Bonchev–Trinajstić information content (AvgIpc) is 2.25. The van der Waals surface area contributed by atoms with Crippen molar-refractivity contribution < 1.29 is 0 Å². The largest absolute Gasteiger partial charge is 0.330 e. The standard InChI is InChI=1S/C16H33N/c1-5-14(4)16(9-8-13(2)3)11-15(12-16)7-6-10-17/h13-15H,5-12,17H2,1-4H3. The van der Waals surface area contributed by atoms with Crippen LogP contribution in [0.4, 0.5) is 0 Å². The molecule has 1 atom stereocenters. The van der Waals surface area contributed by atoms with Crippen molar-refractivity contribution in [2.24, 2.45) is 28.9 Å². The summed E-state index contributed by atoms with van der Waals surface area (Å²) in [6, 6.07) is 0. The summed E-state index contributed by atoms with van der Waals surface area (Å²) in [4.78, 5) is 0. The van der Waals surface area contributed by atoms with Gasteiger partial charge in [0.15, 0.2) is 0 Å². The van der Waals surface area contributed by atoms with E-state index in [4.69, 9.17) is 5.73 Å². The third-order valence-corrected chi connectivity index (χ3v) is 5.08. The van der Waals surface area contributed by atoms with Gasteiger partial charge < -0.3 is 5.73 Å². The quantitative estimate of drug-likeness (QED) is 0.658. The van der Waals surface area contributed by atoms with Crippen LogP contribution in [0.25, 0.3) is 0 Å². The predicted octanol–water partition coefficient (Wildman–Crippen LogP) is 4.60. The molecular weight excluding hydrogens is 206 g/mol. The molecule has 102 valence electrons. The molecule has 0 aromatic rings. The normalized spacial score (nSPS) is 30.4. The highest BCUT2D eigenvalue weighted by molar-refractivity contribution is 4.96. The zero-order valence-electron chi connectivity index (χ0n) is 12.5. The lowest BCUT2D eigenvalue weighted by Crippen LogP contribution is -2.42. The highest BCUT2D eigenvalue weighted by atomic mass is 14.5. The summed E-state index contributed by atoms with van der Waals surface area (Å²) in [7, 11) is 0. The molecule has 0 radical (unpaired) electrons. The van der Waals surface area contributed by atoms with Crippen LogP contribution >= 0.6 is 0 Å². The molecule has 1 aliphatic rings. The van der Waals surface area contributed by atoms with Gasteiger partial charge in [0.1, 0.15) is 0 Å². The summed E-state index contributed by atoms with van der Waals surface area (Å²) in [5.74, 6) is 2.76. The molecule has 0 spiro atoms. The van der Waals surface area contributed by atoms with Crippen molar-refractivity contribution in [3.63, 3.8) is 0 Å². The van der Waals surface area contributed by atoms with E-state index in [1.165, 1.54) is 44.9 Å². The molecule has 1 heteroatoms. The van der Waals surface area contributed by atoms with Crippen molar-refractivity contribution in [2.75, 3.05) is 6.54 Å². The molecule has 1 rings (SSSR count). The molecule has 1 saturated carbocycles. The van der Waals surface area contributed by atoms with E-state index in [1.54, 1.807) is 0 Å². The second-order valence-electron chi connectivity index (χ2n) is 6.81. The first-order chi connectivity index (χ1) is 8.04. The third kappa shape index (κ3) is 3.98. The molecular formula is C16H33N. The molecule has 0 saturated heterocycles. The predicted molar refractivity (Wildman–Crippen MR) is 77.0 cm³/mol. The van der Waals surface area contributed by atoms with E-state index in [0.717, 1.165) is 24.3 Å². The molecule has 1 fully saturated rings. The van der Waals surface area contributed by atoms with Crippen LogP contribution in [0, 0.1) is 23.2 Å². The Bertz CT molecular complexity index is 204. The van der Waals surface area contributed by atoms with E-state index in [1.807, 2.05) is 0 Å². The Morgan fingerprint density at radius 2 is 1.88 bits per heavy atom. The molecule has 1 aliphatic carbocycles. The van der Waals surface area contributed by atoms with Gasteiger partial charge in [-0.2, -0.15) is 0 Å². The van der Waals surface area contributed by atoms with Crippen LogP contribution in [0.15, 0.2) is 0 Å². The van der Waals surface area contributed by atoms with E-state index in [-0.39, 0.29) is 0 Å². The van der Waals surface area contributed by atoms with Crippen LogP contribution in [0.3, 0.4) is 0 Å². The zero-order valence-corrected chi connectivity index (χ0v) is 12.5. The Morgan fingerprint density at radius 1 is 1.24 bits per heavy atom. The van der Waals surface area contributed by atoms with Crippen LogP contribution in [0.2, 0.25) is 0 Å². The molecule has 0 heterocycles. The molecule has 1 nitrogen and oxygen atoms in total. The molecule has 1 unspecified atom stereocenters. The highest BCUT2D eigenvalue weighted by Gasteiger charge is 2.45. The van der Waals surface area contributed by atoms with Gasteiger partial charge >= 0.3 is 0 Å². The number of hydrogen-bond acceptors (Lipinski definition) is 1. The summed E-state index contributed by atoms with van der Waals surface area (Å²) >= 11 is 0. The monoisotopic (exact) mass is 239 g/mol. The molecule has 0 bridgehead atoms. The maximum atomic E-state index is 5.61. The van der Waals surface area contributed by atoms with Crippen LogP contribution in [0.5, 0.6) is 0 Å². The minimum Gasteiger partial charge on any atom is -0.330 e. The first-order valence-corrected chi connectivity index (χ1v) is 7.74. The fraction of sp³-hybridized carbons (Fsp3) is 1.00. The highest BCUT2D eigenvalue weighted by Crippen LogP contribution is 2.56. The Kier molecular flexibility index (Phi) is 5.99. The molecule has 0 aliphatic heterocycles. The fourth-order valence-corrected chi connectivity index (χ4v) is 3.56. The van der Waals surface area contributed by atoms with Crippen molar-refractivity contribution >= 4 is 0 Å². The molecule has 0 aromatic heterocycles. The third-order valence-electron chi connectivity index (χ3n) is 5.08. The van der Waals surface area contributed by atoms with Crippen molar-refractivity contribution in [1.29, 1.82) is 0 Å². The lowest BCUT2D eigenvalue weighted by Gasteiger charge is -2.52. The van der Waals surface area contributed by atoms with Gasteiger partial charge in [0, 0.05) is 0 Å². The summed E-state index contributed by atoms with van der Waals surface area (Å²) in [5, 5.41) is 0. The topological polar surface area (TPSA) is 26.0 Å². The van der Waals surface area contributed by atoms with Crippen LogP contribution in [-0.4, -0.2) is 6.54 Å². The van der Waals surface area contributed by atoms with Gasteiger partial charge in [0.05, 0.1) is 0 Å². The summed E-state index contributed by atoms with van der Waals surface area (Å²) in [5.41, 5.74) is 6.30. The average molecular weight is 239 g/mol. The maximum absolute atomic E-state index is 5.61. The van der Waals surface area contributed by atoms with Crippen molar-refractivity contribution in [3.8, 4) is 0 Å². The van der Waals surface area contributed by atoms with Crippen LogP contribution in [-0.2, 0) is 0 Å². The molecule has 0 amide bonds. The Labute approximate surface area is 109 Å². The molecule has 17 heavy (non-hydrogen) atoms. The Hall–Kier alpha value is -0.0400. The minimum absolute atomic E-state index is 0.693. The van der Waals surface area contributed by atoms with Crippen LogP contribution < -0.4 is 5.73 Å². The van der Waals surface area contributed by atoms with Gasteiger partial charge in [-0.25, -0.2) is 0 Å². The van der Waals surface area contributed by atoms with Crippen LogP contribution in [0.1, 0.15) is 72.6 Å². The van der Waals surface area contributed by atoms with Gasteiger partial charge in [-0.15, -0.1) is 0 Å². The van der Waals surface area contributed by atoms with Crippen molar-refractivity contribution in [1.82, 2.24) is 0 Å². The van der Waals surface area contributed by atoms with Gasteiger partial charge in [-0.1, -0.05) is 40.5 Å². The summed E-state index contributed by atoms with van der Waals surface area (Å²) in [6.07, 6.45) is 9.78. The number of rotatable bonds is 8. The van der Waals surface area contributed by atoms with Crippen molar-refractivity contribution in [2.45, 2.75) is 72.6 Å². The van der Waals surface area contributed by atoms with Gasteiger partial charge in [-0.3, -0.25) is 0 Å². The van der Waals surface area contributed by atoms with Gasteiger partial charge in [0.2, 0.25) is 0 Å². The molecule has 0 aromatic carbocycles. The minimum atomic E-state index is 0.693. The Balaban J connectivity index is 2.42. The lowest BCUT2D eigenvalue weighted by atomic mass is 9.53. The maximum Gasteiger partial charge on any atom is -0.00772 e. The van der Waals surface area contributed by atoms with E-state index in [0.29, 0.717) is 5.41 Å². The van der Waals surface area contributed by atoms with E-state index in [9.17, 15) is 0 Å². The SMILES string of the molecule is CCC(C)C1(CCC(C)C)CC(CCCN)C1. The van der Waals surface area contributed by atoms with E-state index < -0.39 is 0 Å². The first kappa shape index (κ1) is 15.0. The second kappa shape index (κ2) is 6.78. The second-order valence-corrected chi connectivity index (χ2v) is 6.81. The summed E-state index contributed by atoms with van der Waals surface area (Å²) in [6.45, 7) is 10.4. The first-order valence-electron chi connectivity index (χ1n) is 7.74. The Morgan fingerprint density at radius 3 is 2.35 bits per heavy atom. The lowest BCUT2D eigenvalue weighted by molar-refractivity contribution is -0.0202. The number of nitrogens with two attached hydrogens (primary N) is 1. The fourth-order valence-electron chi connectivity index (χ4n) is 3.56. The zero-order chi connectivity index (χ0) is 12.9. The molecule has 2 N–H and O–H groups in total. The van der Waals surface area contributed by atoms with E-state index >= 15 is 0 Å².